The highest BCUT2D eigenvalue weighted by Crippen LogP contribution is 2.19. The molecule has 1 N–H and O–H groups in total. The predicted molar refractivity (Wildman–Crippen MR) is 117 cm³/mol. The van der Waals surface area contributed by atoms with E-state index < -0.39 is 0 Å². The Hall–Kier alpha value is -3.47. The molecule has 152 valence electrons. The number of nitrogens with zero attached hydrogens (tertiary/aromatic N) is 2. The molecule has 0 spiro atoms. The van der Waals surface area contributed by atoms with Gasteiger partial charge >= 0.3 is 0 Å². The van der Waals surface area contributed by atoms with Crippen LogP contribution in [0.15, 0.2) is 72.8 Å². The summed E-state index contributed by atoms with van der Waals surface area (Å²) in [5.74, 6) is 0.630. The number of carbonyl (C=O) groups excluding carboxylic acids is 1. The van der Waals surface area contributed by atoms with Crippen molar-refractivity contribution < 1.29 is 9.18 Å². The molecule has 0 fully saturated rings. The van der Waals surface area contributed by atoms with Gasteiger partial charge in [-0.2, -0.15) is 0 Å². The summed E-state index contributed by atoms with van der Waals surface area (Å²) in [6.07, 6.45) is 1.07. The van der Waals surface area contributed by atoms with Gasteiger partial charge in [0, 0.05) is 25.9 Å². The van der Waals surface area contributed by atoms with Crippen molar-refractivity contribution in [1.29, 1.82) is 0 Å². The second-order valence-electron chi connectivity index (χ2n) is 7.49. The zero-order valence-electron chi connectivity index (χ0n) is 16.9. The highest BCUT2D eigenvalue weighted by atomic mass is 19.1. The molecule has 0 bridgehead atoms. The molecule has 0 saturated heterocycles. The molecule has 1 amide bonds. The van der Waals surface area contributed by atoms with E-state index in [9.17, 15) is 9.18 Å². The van der Waals surface area contributed by atoms with Crippen LogP contribution >= 0.6 is 0 Å². The van der Waals surface area contributed by atoms with E-state index in [2.05, 4.69) is 41.1 Å². The molecule has 3 aromatic carbocycles. The molecule has 0 unspecified atom stereocenters. The quantitative estimate of drug-likeness (QED) is 0.484. The van der Waals surface area contributed by atoms with Crippen molar-refractivity contribution in [1.82, 2.24) is 14.9 Å². The van der Waals surface area contributed by atoms with E-state index in [4.69, 9.17) is 4.98 Å². The van der Waals surface area contributed by atoms with Crippen molar-refractivity contribution in [2.45, 2.75) is 32.9 Å². The number of rotatable bonds is 7. The lowest BCUT2D eigenvalue weighted by Gasteiger charge is -2.10. The molecular formula is C25H24FN3O. The fourth-order valence-corrected chi connectivity index (χ4v) is 3.62. The lowest BCUT2D eigenvalue weighted by molar-refractivity contribution is -0.121. The minimum absolute atomic E-state index is 0.0430. The number of hydrogen-bond donors (Lipinski definition) is 1. The van der Waals surface area contributed by atoms with Crippen molar-refractivity contribution in [2.75, 3.05) is 0 Å². The minimum atomic E-state index is -0.279. The third-order valence-electron chi connectivity index (χ3n) is 5.14. The standard InChI is InChI=1S/C25H24FN3O/c1-18-5-4-6-20(15-18)16-24-28-22-7-2-3-8-23(22)29(24)14-13-25(30)27-17-19-9-11-21(26)12-10-19/h2-12,15H,13-14,16-17H2,1H3,(H,27,30). The van der Waals surface area contributed by atoms with Crippen molar-refractivity contribution in [3.8, 4) is 0 Å². The van der Waals surface area contributed by atoms with Crippen LogP contribution in [0.4, 0.5) is 4.39 Å². The molecule has 1 heterocycles. The monoisotopic (exact) mass is 401 g/mol. The summed E-state index contributed by atoms with van der Waals surface area (Å²) in [4.78, 5) is 17.2. The van der Waals surface area contributed by atoms with Gasteiger partial charge in [0.2, 0.25) is 5.91 Å². The first-order chi connectivity index (χ1) is 14.6. The van der Waals surface area contributed by atoms with Crippen LogP contribution in [-0.4, -0.2) is 15.5 Å². The summed E-state index contributed by atoms with van der Waals surface area (Å²) in [6, 6.07) is 22.6. The molecular weight excluding hydrogens is 377 g/mol. The van der Waals surface area contributed by atoms with Gasteiger partial charge in [0.15, 0.2) is 0 Å². The SMILES string of the molecule is Cc1cccc(Cc2nc3ccccc3n2CCC(=O)NCc2ccc(F)cc2)c1. The smallest absolute Gasteiger partial charge is 0.222 e. The lowest BCUT2D eigenvalue weighted by Crippen LogP contribution is -2.24. The van der Waals surface area contributed by atoms with Crippen LogP contribution in [0.2, 0.25) is 0 Å². The lowest BCUT2D eigenvalue weighted by atomic mass is 10.1. The maximum atomic E-state index is 13.0. The van der Waals surface area contributed by atoms with E-state index in [0.29, 0.717) is 25.9 Å². The van der Waals surface area contributed by atoms with Gasteiger partial charge in [-0.15, -0.1) is 0 Å². The number of imidazole rings is 1. The average molecular weight is 401 g/mol. The highest BCUT2D eigenvalue weighted by Gasteiger charge is 2.13. The van der Waals surface area contributed by atoms with Crippen molar-refractivity contribution in [2.24, 2.45) is 0 Å². The molecule has 0 aliphatic carbocycles. The number of halogens is 1. The summed E-state index contributed by atoms with van der Waals surface area (Å²) < 4.78 is 15.1. The zero-order valence-corrected chi connectivity index (χ0v) is 16.9. The second-order valence-corrected chi connectivity index (χ2v) is 7.49. The number of aryl methyl sites for hydroxylation is 2. The number of hydrogen-bond acceptors (Lipinski definition) is 2. The molecule has 0 atom stereocenters. The van der Waals surface area contributed by atoms with Gasteiger partial charge in [-0.05, 0) is 42.3 Å². The molecule has 0 saturated carbocycles. The van der Waals surface area contributed by atoms with Gasteiger partial charge in [0.1, 0.15) is 11.6 Å². The molecule has 0 radical (unpaired) electrons. The summed E-state index contributed by atoms with van der Waals surface area (Å²) in [6.45, 7) is 3.02. The molecule has 4 aromatic rings. The molecule has 30 heavy (non-hydrogen) atoms. The van der Waals surface area contributed by atoms with E-state index in [1.54, 1.807) is 12.1 Å². The molecule has 4 nitrogen and oxygen atoms in total. The Bertz CT molecular complexity index is 1160. The average Bonchev–Trinajstić information content (AvgIpc) is 3.09. The highest BCUT2D eigenvalue weighted by molar-refractivity contribution is 5.78. The third kappa shape index (κ3) is 4.74. The van der Waals surface area contributed by atoms with Crippen molar-refractivity contribution in [3.63, 3.8) is 0 Å². The van der Waals surface area contributed by atoms with E-state index in [0.717, 1.165) is 22.4 Å². The molecule has 5 heteroatoms. The zero-order chi connectivity index (χ0) is 20.9. The van der Waals surface area contributed by atoms with Crippen LogP contribution < -0.4 is 5.32 Å². The van der Waals surface area contributed by atoms with Crippen LogP contribution in [0.25, 0.3) is 11.0 Å². The topological polar surface area (TPSA) is 46.9 Å². The first-order valence-electron chi connectivity index (χ1n) is 10.1. The van der Waals surface area contributed by atoms with Crippen LogP contribution in [-0.2, 0) is 24.3 Å². The van der Waals surface area contributed by atoms with Crippen LogP contribution in [0, 0.1) is 12.7 Å². The maximum Gasteiger partial charge on any atom is 0.222 e. The molecule has 0 aliphatic heterocycles. The van der Waals surface area contributed by atoms with Crippen molar-refractivity contribution in [3.05, 3.63) is 101 Å². The normalized spacial score (nSPS) is 11.0. The number of benzene rings is 3. The van der Waals surface area contributed by atoms with Gasteiger partial charge in [-0.3, -0.25) is 4.79 Å². The first kappa shape index (κ1) is 19.8. The molecule has 0 aliphatic rings. The maximum absolute atomic E-state index is 13.0. The minimum Gasteiger partial charge on any atom is -0.352 e. The van der Waals surface area contributed by atoms with Gasteiger partial charge in [0.05, 0.1) is 11.0 Å². The van der Waals surface area contributed by atoms with Gasteiger partial charge in [-0.25, -0.2) is 9.37 Å². The van der Waals surface area contributed by atoms with E-state index in [1.165, 1.54) is 23.3 Å². The summed E-state index contributed by atoms with van der Waals surface area (Å²) >= 11 is 0. The summed E-state index contributed by atoms with van der Waals surface area (Å²) in [7, 11) is 0. The van der Waals surface area contributed by atoms with E-state index in [-0.39, 0.29) is 11.7 Å². The number of aromatic nitrogens is 2. The number of nitrogens with one attached hydrogen (secondary N) is 1. The van der Waals surface area contributed by atoms with Crippen molar-refractivity contribution >= 4 is 16.9 Å². The Balaban J connectivity index is 1.47. The van der Waals surface area contributed by atoms with Crippen LogP contribution in [0.1, 0.15) is 28.9 Å². The fourth-order valence-electron chi connectivity index (χ4n) is 3.62. The molecule has 1 aromatic heterocycles. The van der Waals surface area contributed by atoms with E-state index >= 15 is 0 Å². The third-order valence-corrected chi connectivity index (χ3v) is 5.14. The summed E-state index contributed by atoms with van der Waals surface area (Å²) in [5.41, 5.74) is 5.26. The van der Waals surface area contributed by atoms with Crippen LogP contribution in [0.5, 0.6) is 0 Å². The van der Waals surface area contributed by atoms with Gasteiger partial charge < -0.3 is 9.88 Å². The Morgan fingerprint density at radius 3 is 2.60 bits per heavy atom. The largest absolute Gasteiger partial charge is 0.352 e. The fraction of sp³-hybridized carbons (Fsp3) is 0.200. The Morgan fingerprint density at radius 1 is 1.00 bits per heavy atom. The number of para-hydroxylation sites is 2. The molecule has 4 rings (SSSR count). The predicted octanol–water partition coefficient (Wildman–Crippen LogP) is 4.78. The Labute approximate surface area is 175 Å². The Morgan fingerprint density at radius 2 is 1.80 bits per heavy atom. The number of fused-ring (bicyclic) bond motifs is 1. The van der Waals surface area contributed by atoms with Gasteiger partial charge in [-0.1, -0.05) is 54.1 Å². The first-order valence-corrected chi connectivity index (χ1v) is 10.1. The van der Waals surface area contributed by atoms with Crippen LogP contribution in [0.3, 0.4) is 0 Å². The Kier molecular flexibility index (Phi) is 5.89. The van der Waals surface area contributed by atoms with Gasteiger partial charge in [0.25, 0.3) is 0 Å². The number of amides is 1. The summed E-state index contributed by atoms with van der Waals surface area (Å²) in [5, 5.41) is 2.91. The second kappa shape index (κ2) is 8.91. The number of carbonyl (C=O) groups is 1. The van der Waals surface area contributed by atoms with E-state index in [1.807, 2.05) is 24.3 Å².